The molecule has 4 rings (SSSR count). The summed E-state index contributed by atoms with van der Waals surface area (Å²) in [5.74, 6) is 0.568. The minimum Gasteiger partial charge on any atom is -0.355 e. The van der Waals surface area contributed by atoms with E-state index in [0.717, 1.165) is 19.6 Å². The summed E-state index contributed by atoms with van der Waals surface area (Å²) in [4.78, 5) is 6.15. The third-order valence-corrected chi connectivity index (χ3v) is 4.54. The second-order valence-corrected chi connectivity index (χ2v) is 5.93. The summed E-state index contributed by atoms with van der Waals surface area (Å²) in [6.45, 7) is 5.59. The topological polar surface area (TPSA) is 19.0 Å². The summed E-state index contributed by atoms with van der Waals surface area (Å²) in [6.07, 6.45) is 8.27. The second-order valence-electron chi connectivity index (χ2n) is 5.93. The van der Waals surface area contributed by atoms with Crippen LogP contribution >= 0.6 is 0 Å². The van der Waals surface area contributed by atoms with Crippen molar-refractivity contribution >= 4 is 17.0 Å². The zero-order valence-corrected chi connectivity index (χ0v) is 11.9. The van der Waals surface area contributed by atoms with Crippen LogP contribution in [0.1, 0.15) is 24.6 Å². The first kappa shape index (κ1) is 12.0. The number of aromatic amines is 1. The molecule has 2 aliphatic rings. The Bertz CT molecular complexity index is 705. The summed E-state index contributed by atoms with van der Waals surface area (Å²) < 4.78 is 0. The van der Waals surface area contributed by atoms with Crippen molar-refractivity contribution < 1.29 is 0 Å². The Morgan fingerprint density at radius 2 is 2.15 bits per heavy atom. The third-order valence-electron chi connectivity index (χ3n) is 4.54. The van der Waals surface area contributed by atoms with Gasteiger partial charge in [0.05, 0.1) is 0 Å². The lowest BCUT2D eigenvalue weighted by Crippen LogP contribution is -2.34. The smallest absolute Gasteiger partial charge is 0.0461 e. The lowest BCUT2D eigenvalue weighted by molar-refractivity contribution is 0.257. The Kier molecular flexibility index (Phi) is 2.78. The normalized spacial score (nSPS) is 26.6. The fourth-order valence-corrected chi connectivity index (χ4v) is 3.50. The zero-order valence-electron chi connectivity index (χ0n) is 11.9. The van der Waals surface area contributed by atoms with Gasteiger partial charge in [0.2, 0.25) is 0 Å². The van der Waals surface area contributed by atoms with Gasteiger partial charge in [-0.15, -0.1) is 0 Å². The monoisotopic (exact) mass is 264 g/mol. The molecule has 2 unspecified atom stereocenters. The lowest BCUT2D eigenvalue weighted by Gasteiger charge is -2.32. The predicted molar refractivity (Wildman–Crippen MR) is 84.5 cm³/mol. The molecule has 2 bridgehead atoms. The molecule has 2 nitrogen and oxygen atoms in total. The van der Waals surface area contributed by atoms with Crippen LogP contribution in [0.15, 0.2) is 42.0 Å². The Balaban J connectivity index is 1.83. The van der Waals surface area contributed by atoms with E-state index in [9.17, 15) is 0 Å². The largest absolute Gasteiger partial charge is 0.355 e. The van der Waals surface area contributed by atoms with E-state index in [2.05, 4.69) is 59.3 Å². The Morgan fingerprint density at radius 3 is 3.05 bits per heavy atom. The van der Waals surface area contributed by atoms with Gasteiger partial charge in [-0.2, -0.15) is 0 Å². The molecule has 2 heteroatoms. The average molecular weight is 264 g/mol. The van der Waals surface area contributed by atoms with Crippen molar-refractivity contribution in [2.24, 2.45) is 5.92 Å². The first-order valence-corrected chi connectivity index (χ1v) is 7.53. The molecule has 1 aromatic carbocycles. The zero-order chi connectivity index (χ0) is 13.5. The number of nitrogens with zero attached hydrogens (tertiary/aromatic N) is 1. The van der Waals surface area contributed by atoms with Crippen molar-refractivity contribution in [2.45, 2.75) is 19.9 Å². The van der Waals surface area contributed by atoms with E-state index in [1.54, 1.807) is 5.57 Å². The van der Waals surface area contributed by atoms with Crippen LogP contribution in [0.25, 0.3) is 17.0 Å². The molecule has 0 spiro atoms. The number of H-pyrrole nitrogens is 1. The Hall–Kier alpha value is -1.80. The fraction of sp³-hybridized carbons (Fsp3) is 0.333. The summed E-state index contributed by atoms with van der Waals surface area (Å²) in [7, 11) is 0. The summed E-state index contributed by atoms with van der Waals surface area (Å²) >= 11 is 0. The highest BCUT2D eigenvalue weighted by Gasteiger charge is 2.22. The Labute approximate surface area is 119 Å². The minimum atomic E-state index is 0.568. The van der Waals surface area contributed by atoms with Gasteiger partial charge in [0.1, 0.15) is 0 Å². The number of benzene rings is 1. The van der Waals surface area contributed by atoms with Gasteiger partial charge in [-0.3, -0.25) is 4.90 Å². The van der Waals surface area contributed by atoms with Gasteiger partial charge in [0.25, 0.3) is 0 Å². The van der Waals surface area contributed by atoms with Gasteiger partial charge in [0, 0.05) is 42.1 Å². The van der Waals surface area contributed by atoms with Crippen LogP contribution in [0.5, 0.6) is 0 Å². The quantitative estimate of drug-likeness (QED) is 0.772. The van der Waals surface area contributed by atoms with Crippen molar-refractivity contribution in [3.05, 3.63) is 53.2 Å². The molecule has 2 aromatic rings. The number of nitrogens with one attached hydrogen (secondary N) is 1. The first-order valence-electron chi connectivity index (χ1n) is 7.53. The van der Waals surface area contributed by atoms with E-state index in [-0.39, 0.29) is 0 Å². The molecule has 0 saturated heterocycles. The maximum atomic E-state index is 3.56. The third kappa shape index (κ3) is 1.92. The van der Waals surface area contributed by atoms with Gasteiger partial charge >= 0.3 is 0 Å². The lowest BCUT2D eigenvalue weighted by atomic mass is 9.95. The van der Waals surface area contributed by atoms with Gasteiger partial charge in [0.15, 0.2) is 0 Å². The van der Waals surface area contributed by atoms with Crippen LogP contribution in [0.3, 0.4) is 0 Å². The summed E-state index contributed by atoms with van der Waals surface area (Å²) in [6, 6.07) is 8.64. The maximum absolute atomic E-state index is 3.56. The minimum absolute atomic E-state index is 0.568. The van der Waals surface area contributed by atoms with E-state index in [1.165, 1.54) is 28.6 Å². The maximum Gasteiger partial charge on any atom is 0.0461 e. The first-order chi connectivity index (χ1) is 9.83. The Morgan fingerprint density at radius 1 is 1.25 bits per heavy atom. The van der Waals surface area contributed by atoms with E-state index in [0.29, 0.717) is 5.92 Å². The SMILES string of the molecule is CCC1=CC2/C=C\c3[nH]c4ccccc4c3CN(C1)C2. The van der Waals surface area contributed by atoms with Gasteiger partial charge in [-0.25, -0.2) is 0 Å². The molecule has 20 heavy (non-hydrogen) atoms. The van der Waals surface area contributed by atoms with Gasteiger partial charge in [-0.05, 0) is 24.1 Å². The van der Waals surface area contributed by atoms with Crippen LogP contribution in [0.4, 0.5) is 0 Å². The number of hydrogen-bond acceptors (Lipinski definition) is 1. The van der Waals surface area contributed by atoms with Crippen LogP contribution in [0.2, 0.25) is 0 Å². The predicted octanol–water partition coefficient (Wildman–Crippen LogP) is 3.96. The summed E-state index contributed by atoms with van der Waals surface area (Å²) in [5.41, 5.74) is 5.57. The molecular formula is C18H20N2. The van der Waals surface area contributed by atoms with E-state index in [1.807, 2.05) is 0 Å². The van der Waals surface area contributed by atoms with E-state index in [4.69, 9.17) is 0 Å². The molecule has 1 N–H and O–H groups in total. The number of aromatic nitrogens is 1. The van der Waals surface area contributed by atoms with Crippen molar-refractivity contribution in [2.75, 3.05) is 13.1 Å². The molecule has 2 atom stereocenters. The van der Waals surface area contributed by atoms with Crippen molar-refractivity contribution in [3.63, 3.8) is 0 Å². The fourth-order valence-electron chi connectivity index (χ4n) is 3.50. The molecule has 0 saturated carbocycles. The molecule has 102 valence electrons. The molecule has 0 radical (unpaired) electrons. The van der Waals surface area contributed by atoms with Gasteiger partial charge in [-0.1, -0.05) is 42.8 Å². The average Bonchev–Trinajstić information content (AvgIpc) is 2.81. The molecule has 1 aromatic heterocycles. The number of para-hydroxylation sites is 1. The van der Waals surface area contributed by atoms with Crippen LogP contribution in [0, 0.1) is 5.92 Å². The highest BCUT2D eigenvalue weighted by Crippen LogP contribution is 2.30. The summed E-state index contributed by atoms with van der Waals surface area (Å²) in [5, 5.41) is 1.37. The molecule has 0 aliphatic carbocycles. The van der Waals surface area contributed by atoms with Gasteiger partial charge < -0.3 is 4.98 Å². The van der Waals surface area contributed by atoms with Crippen molar-refractivity contribution in [1.29, 1.82) is 0 Å². The van der Waals surface area contributed by atoms with Crippen molar-refractivity contribution in [1.82, 2.24) is 9.88 Å². The van der Waals surface area contributed by atoms with Crippen LogP contribution < -0.4 is 0 Å². The standard InChI is InChI=1S/C18H20N2/c1-2-13-9-14-7-8-18-16(12-20(10-13)11-14)15-5-3-4-6-17(15)19-18/h3-9,14,19H,2,10-12H2,1H3/b8-7-. The van der Waals surface area contributed by atoms with E-state index < -0.39 is 0 Å². The molecule has 2 aliphatic heterocycles. The van der Waals surface area contributed by atoms with E-state index >= 15 is 0 Å². The highest BCUT2D eigenvalue weighted by molar-refractivity contribution is 5.87. The highest BCUT2D eigenvalue weighted by atomic mass is 15.1. The number of rotatable bonds is 1. The second kappa shape index (κ2) is 4.64. The molecule has 3 heterocycles. The molecule has 0 fully saturated rings. The number of hydrogen-bond donors (Lipinski definition) is 1. The number of fused-ring (bicyclic) bond motifs is 5. The van der Waals surface area contributed by atoms with Crippen LogP contribution in [-0.4, -0.2) is 23.0 Å². The van der Waals surface area contributed by atoms with Crippen LogP contribution in [-0.2, 0) is 6.54 Å². The molecule has 0 amide bonds. The molecular weight excluding hydrogens is 244 g/mol. The van der Waals surface area contributed by atoms with Crippen molar-refractivity contribution in [3.8, 4) is 0 Å².